The molecule has 0 fully saturated rings. The van der Waals surface area contributed by atoms with Crippen LogP contribution < -0.4 is 0 Å². The van der Waals surface area contributed by atoms with Crippen LogP contribution in [0.5, 0.6) is 0 Å². The van der Waals surface area contributed by atoms with Gasteiger partial charge in [-0.15, -0.1) is 0 Å². The lowest BCUT2D eigenvalue weighted by atomic mass is 10.2. The van der Waals surface area contributed by atoms with Gasteiger partial charge in [0.1, 0.15) is 12.2 Å². The third kappa shape index (κ3) is 11.5. The number of nitrogens with zero attached hydrogens (tertiary/aromatic N) is 1. The SMILES string of the molecule is CN(CCOCCOCC(=O)O)C(=O)OC(C)(C)C. The van der Waals surface area contributed by atoms with Crippen molar-refractivity contribution in [1.82, 2.24) is 4.90 Å². The number of aliphatic carboxylic acids is 1. The van der Waals surface area contributed by atoms with Gasteiger partial charge in [0, 0.05) is 13.6 Å². The predicted molar refractivity (Wildman–Crippen MR) is 68.1 cm³/mol. The van der Waals surface area contributed by atoms with Gasteiger partial charge < -0.3 is 24.2 Å². The second-order valence-corrected chi connectivity index (χ2v) is 4.96. The van der Waals surface area contributed by atoms with Gasteiger partial charge in [-0.3, -0.25) is 0 Å². The first-order valence-corrected chi connectivity index (χ1v) is 6.04. The topological polar surface area (TPSA) is 85.3 Å². The number of ether oxygens (including phenoxy) is 3. The van der Waals surface area contributed by atoms with E-state index >= 15 is 0 Å². The highest BCUT2D eigenvalue weighted by molar-refractivity contribution is 5.68. The maximum absolute atomic E-state index is 11.6. The molecule has 0 aromatic rings. The Kier molecular flexibility index (Phi) is 8.09. The number of hydrogen-bond acceptors (Lipinski definition) is 5. The van der Waals surface area contributed by atoms with E-state index in [1.54, 1.807) is 27.8 Å². The smallest absolute Gasteiger partial charge is 0.410 e. The molecule has 0 bridgehead atoms. The summed E-state index contributed by atoms with van der Waals surface area (Å²) in [5, 5.41) is 8.32. The maximum atomic E-state index is 11.6. The van der Waals surface area contributed by atoms with E-state index in [1.165, 1.54) is 4.90 Å². The fraction of sp³-hybridized carbons (Fsp3) is 0.833. The van der Waals surface area contributed by atoms with Crippen molar-refractivity contribution in [2.24, 2.45) is 0 Å². The van der Waals surface area contributed by atoms with Gasteiger partial charge in [0.25, 0.3) is 0 Å². The Bertz CT molecular complexity index is 286. The van der Waals surface area contributed by atoms with Crippen molar-refractivity contribution in [3.8, 4) is 0 Å². The van der Waals surface area contributed by atoms with Gasteiger partial charge in [-0.25, -0.2) is 9.59 Å². The number of carboxylic acid groups (broad SMARTS) is 1. The van der Waals surface area contributed by atoms with Crippen LogP contribution in [0.1, 0.15) is 20.8 Å². The second-order valence-electron chi connectivity index (χ2n) is 4.96. The Morgan fingerprint density at radius 3 is 2.21 bits per heavy atom. The van der Waals surface area contributed by atoms with E-state index in [9.17, 15) is 9.59 Å². The molecule has 1 N–H and O–H groups in total. The zero-order valence-electron chi connectivity index (χ0n) is 12.0. The normalized spacial score (nSPS) is 11.2. The molecule has 0 aliphatic heterocycles. The van der Waals surface area contributed by atoms with Crippen molar-refractivity contribution < 1.29 is 28.9 Å². The number of rotatable bonds is 8. The number of carboxylic acids is 1. The average Bonchev–Trinajstić information content (AvgIpc) is 2.24. The Hall–Kier alpha value is -1.34. The Morgan fingerprint density at radius 1 is 1.11 bits per heavy atom. The molecular weight excluding hydrogens is 254 g/mol. The molecule has 0 unspecified atom stereocenters. The van der Waals surface area contributed by atoms with E-state index in [1.807, 2.05) is 0 Å². The van der Waals surface area contributed by atoms with Gasteiger partial charge in [0.05, 0.1) is 19.8 Å². The zero-order chi connectivity index (χ0) is 14.9. The highest BCUT2D eigenvalue weighted by Gasteiger charge is 2.19. The summed E-state index contributed by atoms with van der Waals surface area (Å²) in [6, 6.07) is 0. The van der Waals surface area contributed by atoms with Crippen LogP contribution >= 0.6 is 0 Å². The molecule has 0 aliphatic rings. The summed E-state index contributed by atoms with van der Waals surface area (Å²) in [4.78, 5) is 23.1. The van der Waals surface area contributed by atoms with E-state index in [2.05, 4.69) is 0 Å². The molecule has 0 saturated carbocycles. The minimum absolute atomic E-state index is 0.211. The Balaban J connectivity index is 3.55. The van der Waals surface area contributed by atoms with Crippen LogP contribution in [0.3, 0.4) is 0 Å². The highest BCUT2D eigenvalue weighted by Crippen LogP contribution is 2.08. The molecule has 19 heavy (non-hydrogen) atoms. The third-order valence-electron chi connectivity index (χ3n) is 1.87. The highest BCUT2D eigenvalue weighted by atomic mass is 16.6. The van der Waals surface area contributed by atoms with E-state index in [4.69, 9.17) is 19.3 Å². The van der Waals surface area contributed by atoms with Gasteiger partial charge in [0.15, 0.2) is 0 Å². The van der Waals surface area contributed by atoms with Crippen LogP contribution in [0.25, 0.3) is 0 Å². The van der Waals surface area contributed by atoms with E-state index in [0.29, 0.717) is 13.2 Å². The van der Waals surface area contributed by atoms with E-state index in [-0.39, 0.29) is 19.8 Å². The van der Waals surface area contributed by atoms with Crippen LogP contribution in [-0.2, 0) is 19.0 Å². The molecule has 0 aromatic heterocycles. The van der Waals surface area contributed by atoms with Crippen molar-refractivity contribution in [3.05, 3.63) is 0 Å². The van der Waals surface area contributed by atoms with Gasteiger partial charge in [-0.2, -0.15) is 0 Å². The number of likely N-dealkylation sites (N-methyl/N-ethyl adjacent to an activating group) is 1. The Morgan fingerprint density at radius 2 is 1.68 bits per heavy atom. The van der Waals surface area contributed by atoms with Crippen molar-refractivity contribution >= 4 is 12.1 Å². The number of hydrogen-bond donors (Lipinski definition) is 1. The molecule has 0 atom stereocenters. The standard InChI is InChI=1S/C12H23NO6/c1-12(2,3)19-11(16)13(4)5-6-17-7-8-18-9-10(14)15/h5-9H2,1-4H3,(H,14,15). The second kappa shape index (κ2) is 8.71. The average molecular weight is 277 g/mol. The van der Waals surface area contributed by atoms with Gasteiger partial charge in [0.2, 0.25) is 0 Å². The van der Waals surface area contributed by atoms with Crippen molar-refractivity contribution in [1.29, 1.82) is 0 Å². The van der Waals surface area contributed by atoms with Crippen LogP contribution in [-0.4, -0.2) is 67.7 Å². The van der Waals surface area contributed by atoms with Gasteiger partial charge >= 0.3 is 12.1 Å². The van der Waals surface area contributed by atoms with Crippen LogP contribution in [0.4, 0.5) is 4.79 Å². The summed E-state index contributed by atoms with van der Waals surface area (Å²) in [7, 11) is 1.62. The van der Waals surface area contributed by atoms with Gasteiger partial charge in [-0.05, 0) is 20.8 Å². The summed E-state index contributed by atoms with van der Waals surface area (Å²) in [5.41, 5.74) is -0.517. The minimum atomic E-state index is -1.01. The lowest BCUT2D eigenvalue weighted by Crippen LogP contribution is -2.36. The summed E-state index contributed by atoms with van der Waals surface area (Å²) in [5.74, 6) is -1.01. The maximum Gasteiger partial charge on any atom is 0.410 e. The number of amides is 1. The fourth-order valence-electron chi connectivity index (χ4n) is 1.01. The van der Waals surface area contributed by atoms with Crippen LogP contribution in [0.15, 0.2) is 0 Å². The van der Waals surface area contributed by atoms with E-state index in [0.717, 1.165) is 0 Å². The quantitative estimate of drug-likeness (QED) is 0.665. The van der Waals surface area contributed by atoms with Crippen molar-refractivity contribution in [3.63, 3.8) is 0 Å². The lowest BCUT2D eigenvalue weighted by Gasteiger charge is -2.24. The summed E-state index contributed by atoms with van der Waals surface area (Å²) < 4.78 is 15.1. The first kappa shape index (κ1) is 17.7. The van der Waals surface area contributed by atoms with E-state index < -0.39 is 17.7 Å². The first-order chi connectivity index (χ1) is 8.72. The first-order valence-electron chi connectivity index (χ1n) is 6.04. The number of carbonyl (C=O) groups excluding carboxylic acids is 1. The lowest BCUT2D eigenvalue weighted by molar-refractivity contribution is -0.142. The third-order valence-corrected chi connectivity index (χ3v) is 1.87. The molecule has 1 amide bonds. The molecule has 0 radical (unpaired) electrons. The summed E-state index contributed by atoms with van der Waals surface area (Å²) in [6.45, 7) is 6.30. The largest absolute Gasteiger partial charge is 0.480 e. The molecule has 112 valence electrons. The van der Waals surface area contributed by atoms with Crippen molar-refractivity contribution in [2.75, 3.05) is 40.0 Å². The monoisotopic (exact) mass is 277 g/mol. The number of carbonyl (C=O) groups is 2. The van der Waals surface area contributed by atoms with Crippen molar-refractivity contribution in [2.45, 2.75) is 26.4 Å². The molecule has 0 saturated heterocycles. The minimum Gasteiger partial charge on any atom is -0.480 e. The predicted octanol–water partition coefficient (Wildman–Crippen LogP) is 0.971. The molecular formula is C12H23NO6. The Labute approximate surface area is 113 Å². The van der Waals surface area contributed by atoms with Gasteiger partial charge in [-0.1, -0.05) is 0 Å². The molecule has 0 aromatic carbocycles. The zero-order valence-corrected chi connectivity index (χ0v) is 12.0. The molecule has 0 spiro atoms. The van der Waals surface area contributed by atoms with Crippen LogP contribution in [0.2, 0.25) is 0 Å². The molecule has 7 nitrogen and oxygen atoms in total. The fourth-order valence-corrected chi connectivity index (χ4v) is 1.01. The molecule has 0 heterocycles. The van der Waals surface area contributed by atoms with Crippen LogP contribution in [0, 0.1) is 0 Å². The summed E-state index contributed by atoms with van der Waals surface area (Å²) >= 11 is 0. The molecule has 0 aliphatic carbocycles. The molecule has 0 rings (SSSR count). The molecule has 7 heteroatoms. The summed E-state index contributed by atoms with van der Waals surface area (Å²) in [6.07, 6.45) is -0.404.